The smallest absolute Gasteiger partial charge is 0.356 e. The Hall–Kier alpha value is -2.35. The van der Waals surface area contributed by atoms with Crippen LogP contribution in [0.25, 0.3) is 0 Å². The summed E-state index contributed by atoms with van der Waals surface area (Å²) in [5.41, 5.74) is 0.676. The molecule has 1 saturated heterocycles. The molecule has 1 heterocycles. The van der Waals surface area contributed by atoms with Crippen molar-refractivity contribution in [3.05, 3.63) is 69.7 Å². The third kappa shape index (κ3) is 5.84. The number of likely N-dealkylation sites (tertiary alicyclic amines) is 1. The molecule has 1 aliphatic heterocycles. The van der Waals surface area contributed by atoms with E-state index in [0.717, 1.165) is 22.2 Å². The van der Waals surface area contributed by atoms with E-state index in [4.69, 9.17) is 0 Å². The molecule has 0 unspecified atom stereocenters. The van der Waals surface area contributed by atoms with Gasteiger partial charge in [0.1, 0.15) is 0 Å². The van der Waals surface area contributed by atoms with Crippen LogP contribution in [-0.2, 0) is 17.4 Å². The number of carbonyl (C=O) groups is 2. The number of halogens is 4. The van der Waals surface area contributed by atoms with Gasteiger partial charge in [0.15, 0.2) is 0 Å². The van der Waals surface area contributed by atoms with Crippen LogP contribution in [0.4, 0.5) is 13.2 Å². The van der Waals surface area contributed by atoms with E-state index in [1.165, 1.54) is 12.1 Å². The zero-order valence-corrected chi connectivity index (χ0v) is 17.8. The molecule has 0 spiro atoms. The Labute approximate surface area is 181 Å². The second kappa shape index (κ2) is 9.64. The summed E-state index contributed by atoms with van der Waals surface area (Å²) in [4.78, 5) is 26.7. The van der Waals surface area contributed by atoms with Crippen molar-refractivity contribution < 1.29 is 22.8 Å². The van der Waals surface area contributed by atoms with Gasteiger partial charge in [0.25, 0.3) is 5.91 Å². The fourth-order valence-electron chi connectivity index (χ4n) is 3.45. The number of amides is 2. The Morgan fingerprint density at radius 3 is 2.17 bits per heavy atom. The van der Waals surface area contributed by atoms with E-state index < -0.39 is 11.7 Å². The number of carbonyl (C=O) groups excluding carboxylic acids is 2. The standard InChI is InChI=1S/C22H22BrF3N2O2/c23-19-7-3-17(4-8-19)21(30)28-13-10-16(11-14-28)20(29)27-12-9-15-1-5-18(6-2-15)22(24,25)26/h1-8,16H,9-14H2,(H,27,29). The molecule has 1 fully saturated rings. The summed E-state index contributed by atoms with van der Waals surface area (Å²) in [6.07, 6.45) is -2.70. The van der Waals surface area contributed by atoms with Crippen LogP contribution in [0, 0.1) is 5.92 Å². The van der Waals surface area contributed by atoms with Gasteiger partial charge in [-0.2, -0.15) is 13.2 Å². The van der Waals surface area contributed by atoms with Crippen LogP contribution in [0.2, 0.25) is 0 Å². The van der Waals surface area contributed by atoms with E-state index in [9.17, 15) is 22.8 Å². The average molecular weight is 483 g/mol. The number of benzene rings is 2. The molecule has 1 aliphatic rings. The SMILES string of the molecule is O=C(NCCc1ccc(C(F)(F)F)cc1)C1CCN(C(=O)c2ccc(Br)cc2)CC1. The molecule has 3 rings (SSSR count). The predicted molar refractivity (Wildman–Crippen MR) is 111 cm³/mol. The van der Waals surface area contributed by atoms with E-state index in [1.807, 2.05) is 12.1 Å². The van der Waals surface area contributed by atoms with Crippen LogP contribution in [0.1, 0.15) is 34.3 Å². The maximum absolute atomic E-state index is 12.6. The van der Waals surface area contributed by atoms with E-state index in [1.54, 1.807) is 17.0 Å². The Balaban J connectivity index is 1.42. The number of hydrogen-bond donors (Lipinski definition) is 1. The zero-order valence-electron chi connectivity index (χ0n) is 16.2. The lowest BCUT2D eigenvalue weighted by Gasteiger charge is -2.31. The Kier molecular flexibility index (Phi) is 7.18. The van der Waals surface area contributed by atoms with Crippen LogP contribution in [0.15, 0.2) is 53.0 Å². The fourth-order valence-corrected chi connectivity index (χ4v) is 3.72. The van der Waals surface area contributed by atoms with Crippen molar-refractivity contribution in [2.45, 2.75) is 25.4 Å². The van der Waals surface area contributed by atoms with Crippen LogP contribution in [-0.4, -0.2) is 36.3 Å². The molecule has 0 atom stereocenters. The molecular weight excluding hydrogens is 461 g/mol. The molecule has 30 heavy (non-hydrogen) atoms. The van der Waals surface area contributed by atoms with E-state index >= 15 is 0 Å². The first-order chi connectivity index (χ1) is 14.2. The molecule has 4 nitrogen and oxygen atoms in total. The van der Waals surface area contributed by atoms with Crippen molar-refractivity contribution in [3.63, 3.8) is 0 Å². The number of alkyl halides is 3. The molecule has 0 aliphatic carbocycles. The van der Waals surface area contributed by atoms with Gasteiger partial charge in [0.2, 0.25) is 5.91 Å². The minimum absolute atomic E-state index is 0.0383. The lowest BCUT2D eigenvalue weighted by Crippen LogP contribution is -2.43. The molecule has 0 aromatic heterocycles. The molecule has 0 bridgehead atoms. The maximum Gasteiger partial charge on any atom is 0.416 e. The summed E-state index contributed by atoms with van der Waals surface area (Å²) < 4.78 is 38.7. The summed E-state index contributed by atoms with van der Waals surface area (Å²) >= 11 is 3.35. The number of rotatable bonds is 5. The van der Waals surface area contributed by atoms with Gasteiger partial charge in [0.05, 0.1) is 5.56 Å². The van der Waals surface area contributed by atoms with Gasteiger partial charge in [-0.15, -0.1) is 0 Å². The molecule has 160 valence electrons. The summed E-state index contributed by atoms with van der Waals surface area (Å²) in [6.45, 7) is 1.40. The predicted octanol–water partition coefficient (Wildman–Crippen LogP) is 4.68. The molecular formula is C22H22BrF3N2O2. The lowest BCUT2D eigenvalue weighted by molar-refractivity contribution is -0.137. The van der Waals surface area contributed by atoms with Crippen LogP contribution < -0.4 is 5.32 Å². The number of nitrogens with zero attached hydrogens (tertiary/aromatic N) is 1. The summed E-state index contributed by atoms with van der Waals surface area (Å²) in [6, 6.07) is 12.2. The van der Waals surface area contributed by atoms with Gasteiger partial charge in [-0.1, -0.05) is 28.1 Å². The van der Waals surface area contributed by atoms with Gasteiger partial charge < -0.3 is 10.2 Å². The molecule has 1 N–H and O–H groups in total. The lowest BCUT2D eigenvalue weighted by atomic mass is 9.95. The fraction of sp³-hybridized carbons (Fsp3) is 0.364. The Bertz CT molecular complexity index is 875. The highest BCUT2D eigenvalue weighted by atomic mass is 79.9. The quantitative estimate of drug-likeness (QED) is 0.672. The highest BCUT2D eigenvalue weighted by Crippen LogP contribution is 2.29. The average Bonchev–Trinajstić information content (AvgIpc) is 2.73. The number of hydrogen-bond acceptors (Lipinski definition) is 2. The summed E-state index contributed by atoms with van der Waals surface area (Å²) in [5.74, 6) is -0.270. The van der Waals surface area contributed by atoms with Gasteiger partial charge >= 0.3 is 6.18 Å². The normalized spacial score (nSPS) is 15.1. The van der Waals surface area contributed by atoms with Gasteiger partial charge in [-0.3, -0.25) is 9.59 Å². The maximum atomic E-state index is 12.6. The van der Waals surface area contributed by atoms with Gasteiger partial charge in [-0.25, -0.2) is 0 Å². The molecule has 8 heteroatoms. The van der Waals surface area contributed by atoms with E-state index in [2.05, 4.69) is 21.2 Å². The summed E-state index contributed by atoms with van der Waals surface area (Å²) in [7, 11) is 0. The molecule has 2 aromatic carbocycles. The number of piperidine rings is 1. The van der Waals surface area contributed by atoms with E-state index in [-0.39, 0.29) is 17.7 Å². The highest BCUT2D eigenvalue weighted by Gasteiger charge is 2.30. The second-order valence-electron chi connectivity index (χ2n) is 7.31. The molecule has 2 amide bonds. The van der Waals surface area contributed by atoms with Crippen LogP contribution >= 0.6 is 15.9 Å². The van der Waals surface area contributed by atoms with Crippen LogP contribution in [0.5, 0.6) is 0 Å². The van der Waals surface area contributed by atoms with Crippen molar-refractivity contribution in [1.29, 1.82) is 0 Å². The molecule has 2 aromatic rings. The molecule has 0 radical (unpaired) electrons. The zero-order chi connectivity index (χ0) is 21.7. The van der Waals surface area contributed by atoms with E-state index in [0.29, 0.717) is 44.5 Å². The highest BCUT2D eigenvalue weighted by molar-refractivity contribution is 9.10. The Morgan fingerprint density at radius 1 is 1.00 bits per heavy atom. The second-order valence-corrected chi connectivity index (χ2v) is 8.22. The molecule has 0 saturated carbocycles. The minimum atomic E-state index is -4.35. The van der Waals surface area contributed by atoms with Crippen molar-refractivity contribution in [2.24, 2.45) is 5.92 Å². The minimum Gasteiger partial charge on any atom is -0.356 e. The number of nitrogens with one attached hydrogen (secondary N) is 1. The third-order valence-corrected chi connectivity index (χ3v) is 5.77. The third-order valence-electron chi connectivity index (χ3n) is 5.24. The van der Waals surface area contributed by atoms with Crippen LogP contribution in [0.3, 0.4) is 0 Å². The first kappa shape index (κ1) is 22.3. The first-order valence-electron chi connectivity index (χ1n) is 9.73. The largest absolute Gasteiger partial charge is 0.416 e. The summed E-state index contributed by atoms with van der Waals surface area (Å²) in [5, 5.41) is 2.86. The van der Waals surface area contributed by atoms with Gasteiger partial charge in [-0.05, 0) is 61.2 Å². The topological polar surface area (TPSA) is 49.4 Å². The first-order valence-corrected chi connectivity index (χ1v) is 10.5. The van der Waals surface area contributed by atoms with Crippen molar-refractivity contribution in [2.75, 3.05) is 19.6 Å². The van der Waals surface area contributed by atoms with Crippen molar-refractivity contribution in [1.82, 2.24) is 10.2 Å². The van der Waals surface area contributed by atoms with Gasteiger partial charge in [0, 0.05) is 35.6 Å². The van der Waals surface area contributed by atoms with Crippen molar-refractivity contribution >= 4 is 27.7 Å². The van der Waals surface area contributed by atoms with Crippen molar-refractivity contribution in [3.8, 4) is 0 Å². The monoisotopic (exact) mass is 482 g/mol. The Morgan fingerprint density at radius 2 is 1.60 bits per heavy atom.